The van der Waals surface area contributed by atoms with Gasteiger partial charge in [-0.1, -0.05) is 13.8 Å². The molecule has 0 fully saturated rings. The third-order valence-corrected chi connectivity index (χ3v) is 3.58. The number of carbonyl (C=O) groups excluding carboxylic acids is 1. The van der Waals surface area contributed by atoms with Gasteiger partial charge in [0.25, 0.3) is 0 Å². The van der Waals surface area contributed by atoms with Crippen LogP contribution in [0.25, 0.3) is 0 Å². The highest BCUT2D eigenvalue weighted by Gasteiger charge is 2.31. The van der Waals surface area contributed by atoms with Gasteiger partial charge in [-0.05, 0) is 26.0 Å². The smallest absolute Gasteiger partial charge is 0.222 e. The van der Waals surface area contributed by atoms with Crippen molar-refractivity contribution in [3.63, 3.8) is 0 Å². The SMILES string of the molecule is CC(C)C(=O)NCC[N+]1(C(C)C)CC=CC1. The first kappa shape index (κ1) is 13.2. The Morgan fingerprint density at radius 2 is 1.81 bits per heavy atom. The molecule has 3 heteroatoms. The molecule has 0 aliphatic carbocycles. The Morgan fingerprint density at radius 3 is 2.25 bits per heavy atom. The average Bonchev–Trinajstić information content (AvgIpc) is 2.67. The third-order valence-electron chi connectivity index (χ3n) is 3.58. The van der Waals surface area contributed by atoms with Crippen molar-refractivity contribution in [2.45, 2.75) is 33.7 Å². The maximum absolute atomic E-state index is 11.5. The zero-order chi connectivity index (χ0) is 12.2. The minimum Gasteiger partial charge on any atom is -0.350 e. The summed E-state index contributed by atoms with van der Waals surface area (Å²) in [5.74, 6) is 0.248. The fourth-order valence-corrected chi connectivity index (χ4v) is 2.11. The second-order valence-electron chi connectivity index (χ2n) is 5.32. The van der Waals surface area contributed by atoms with Crippen LogP contribution < -0.4 is 5.32 Å². The number of nitrogens with zero attached hydrogens (tertiary/aromatic N) is 1. The number of amides is 1. The zero-order valence-electron chi connectivity index (χ0n) is 11.0. The van der Waals surface area contributed by atoms with Crippen molar-refractivity contribution in [3.8, 4) is 0 Å². The van der Waals surface area contributed by atoms with E-state index in [4.69, 9.17) is 0 Å². The van der Waals surface area contributed by atoms with Crippen LogP contribution >= 0.6 is 0 Å². The Bertz CT molecular complexity index is 261. The predicted octanol–water partition coefficient (Wildman–Crippen LogP) is 1.55. The van der Waals surface area contributed by atoms with E-state index in [9.17, 15) is 4.79 Å². The number of nitrogens with one attached hydrogen (secondary N) is 1. The Kier molecular flexibility index (Phi) is 4.54. The van der Waals surface area contributed by atoms with Crippen LogP contribution in [-0.2, 0) is 4.79 Å². The van der Waals surface area contributed by atoms with Gasteiger partial charge in [-0.3, -0.25) is 4.79 Å². The van der Waals surface area contributed by atoms with E-state index in [0.717, 1.165) is 30.7 Å². The minimum absolute atomic E-state index is 0.0872. The molecule has 0 saturated carbocycles. The van der Waals surface area contributed by atoms with E-state index in [1.807, 2.05) is 13.8 Å². The Hall–Kier alpha value is -0.830. The van der Waals surface area contributed by atoms with Crippen molar-refractivity contribution < 1.29 is 9.28 Å². The van der Waals surface area contributed by atoms with Crippen LogP contribution in [0.2, 0.25) is 0 Å². The molecule has 0 atom stereocenters. The lowest BCUT2D eigenvalue weighted by Crippen LogP contribution is -2.54. The highest BCUT2D eigenvalue weighted by Crippen LogP contribution is 2.18. The summed E-state index contributed by atoms with van der Waals surface area (Å²) >= 11 is 0. The second-order valence-corrected chi connectivity index (χ2v) is 5.32. The van der Waals surface area contributed by atoms with E-state index in [-0.39, 0.29) is 11.8 Å². The molecular weight excluding hydrogens is 200 g/mol. The molecule has 1 amide bonds. The summed E-state index contributed by atoms with van der Waals surface area (Å²) in [6.45, 7) is 12.4. The van der Waals surface area contributed by atoms with Crippen LogP contribution in [0.1, 0.15) is 27.7 Å². The molecule has 0 radical (unpaired) electrons. The molecule has 0 spiro atoms. The molecule has 0 aromatic carbocycles. The van der Waals surface area contributed by atoms with E-state index in [2.05, 4.69) is 31.3 Å². The second kappa shape index (κ2) is 5.48. The van der Waals surface area contributed by atoms with Crippen molar-refractivity contribution in [2.24, 2.45) is 5.92 Å². The highest BCUT2D eigenvalue weighted by molar-refractivity contribution is 5.77. The van der Waals surface area contributed by atoms with Crippen LogP contribution in [0.3, 0.4) is 0 Å². The summed E-state index contributed by atoms with van der Waals surface area (Å²) in [5, 5.41) is 3.01. The monoisotopic (exact) mass is 225 g/mol. The molecule has 1 N–H and O–H groups in total. The topological polar surface area (TPSA) is 29.1 Å². The standard InChI is InChI=1S/C13H24N2O/c1-11(2)13(16)14-7-10-15(12(3)4)8-5-6-9-15/h5-6,11-12H,7-10H2,1-4H3/p+1. The molecule has 0 aromatic heterocycles. The van der Waals surface area contributed by atoms with Crippen LogP contribution in [0, 0.1) is 5.92 Å². The van der Waals surface area contributed by atoms with Crippen molar-refractivity contribution in [2.75, 3.05) is 26.2 Å². The van der Waals surface area contributed by atoms with E-state index < -0.39 is 0 Å². The fourth-order valence-electron chi connectivity index (χ4n) is 2.11. The minimum atomic E-state index is 0.0872. The first-order valence-electron chi connectivity index (χ1n) is 6.26. The lowest BCUT2D eigenvalue weighted by molar-refractivity contribution is -0.931. The molecule has 16 heavy (non-hydrogen) atoms. The number of hydrogen-bond donors (Lipinski definition) is 1. The molecule has 3 nitrogen and oxygen atoms in total. The van der Waals surface area contributed by atoms with Gasteiger partial charge in [-0.2, -0.15) is 0 Å². The molecule has 0 unspecified atom stereocenters. The molecule has 92 valence electrons. The van der Waals surface area contributed by atoms with Crippen LogP contribution in [0.15, 0.2) is 12.2 Å². The van der Waals surface area contributed by atoms with E-state index in [0.29, 0.717) is 6.04 Å². The van der Waals surface area contributed by atoms with Crippen LogP contribution in [0.4, 0.5) is 0 Å². The van der Waals surface area contributed by atoms with E-state index in [1.54, 1.807) is 0 Å². The van der Waals surface area contributed by atoms with Crippen molar-refractivity contribution in [3.05, 3.63) is 12.2 Å². The van der Waals surface area contributed by atoms with Crippen LogP contribution in [0.5, 0.6) is 0 Å². The summed E-state index contributed by atoms with van der Waals surface area (Å²) in [5.41, 5.74) is 0. The Labute approximate surface area is 99.1 Å². The number of carbonyl (C=O) groups is 1. The van der Waals surface area contributed by atoms with Gasteiger partial charge in [-0.25, -0.2) is 0 Å². The molecule has 1 aliphatic heterocycles. The fraction of sp³-hybridized carbons (Fsp3) is 0.769. The summed E-state index contributed by atoms with van der Waals surface area (Å²) < 4.78 is 1.08. The molecule has 1 aliphatic rings. The maximum atomic E-state index is 11.5. The molecule has 1 heterocycles. The molecule has 0 aromatic rings. The first-order valence-corrected chi connectivity index (χ1v) is 6.26. The van der Waals surface area contributed by atoms with Gasteiger partial charge in [0.1, 0.15) is 0 Å². The maximum Gasteiger partial charge on any atom is 0.222 e. The summed E-state index contributed by atoms with van der Waals surface area (Å²) in [6.07, 6.45) is 4.51. The highest BCUT2D eigenvalue weighted by atomic mass is 16.1. The zero-order valence-corrected chi connectivity index (χ0v) is 11.0. The van der Waals surface area contributed by atoms with Crippen molar-refractivity contribution in [1.29, 1.82) is 0 Å². The Balaban J connectivity index is 2.38. The normalized spacial score (nSPS) is 18.4. The molecule has 0 saturated heterocycles. The summed E-state index contributed by atoms with van der Waals surface area (Å²) in [4.78, 5) is 11.5. The number of rotatable bonds is 5. The van der Waals surface area contributed by atoms with Gasteiger partial charge < -0.3 is 9.80 Å². The van der Waals surface area contributed by atoms with Gasteiger partial charge in [-0.15, -0.1) is 0 Å². The Morgan fingerprint density at radius 1 is 1.25 bits per heavy atom. The summed E-state index contributed by atoms with van der Waals surface area (Å²) in [6, 6.07) is 0.617. The quantitative estimate of drug-likeness (QED) is 0.558. The average molecular weight is 225 g/mol. The molecular formula is C13H25N2O+. The van der Waals surface area contributed by atoms with Crippen molar-refractivity contribution >= 4 is 5.91 Å². The lowest BCUT2D eigenvalue weighted by atomic mass is 10.2. The number of quaternary nitrogens is 1. The van der Waals surface area contributed by atoms with Gasteiger partial charge in [0.2, 0.25) is 5.91 Å². The molecule has 1 rings (SSSR count). The van der Waals surface area contributed by atoms with Crippen molar-refractivity contribution in [1.82, 2.24) is 5.32 Å². The predicted molar refractivity (Wildman–Crippen MR) is 67.0 cm³/mol. The molecule has 0 bridgehead atoms. The van der Waals surface area contributed by atoms with Crippen LogP contribution in [-0.4, -0.2) is 42.6 Å². The van der Waals surface area contributed by atoms with E-state index >= 15 is 0 Å². The van der Waals surface area contributed by atoms with Gasteiger partial charge in [0.15, 0.2) is 0 Å². The van der Waals surface area contributed by atoms with Gasteiger partial charge in [0.05, 0.1) is 32.2 Å². The largest absolute Gasteiger partial charge is 0.350 e. The lowest BCUT2D eigenvalue weighted by Gasteiger charge is -2.38. The first-order chi connectivity index (χ1) is 7.48. The van der Waals surface area contributed by atoms with Gasteiger partial charge in [0, 0.05) is 5.92 Å². The van der Waals surface area contributed by atoms with Gasteiger partial charge >= 0.3 is 0 Å². The summed E-state index contributed by atoms with van der Waals surface area (Å²) in [7, 11) is 0. The number of hydrogen-bond acceptors (Lipinski definition) is 1. The third kappa shape index (κ3) is 3.08. The van der Waals surface area contributed by atoms with E-state index in [1.165, 1.54) is 0 Å².